The van der Waals surface area contributed by atoms with Crippen LogP contribution in [-0.4, -0.2) is 39.5 Å². The van der Waals surface area contributed by atoms with Gasteiger partial charge in [-0.15, -0.1) is 21.5 Å². The molecule has 0 spiro atoms. The van der Waals surface area contributed by atoms with Gasteiger partial charge in [-0.3, -0.25) is 0 Å². The molecule has 2 aliphatic rings. The van der Waals surface area contributed by atoms with E-state index in [4.69, 9.17) is 15.5 Å². The summed E-state index contributed by atoms with van der Waals surface area (Å²) in [4.78, 5) is 6.28. The number of thiazole rings is 1. The van der Waals surface area contributed by atoms with Crippen molar-refractivity contribution in [3.05, 3.63) is 27.2 Å². The van der Waals surface area contributed by atoms with E-state index in [1.54, 1.807) is 7.11 Å². The van der Waals surface area contributed by atoms with Crippen molar-refractivity contribution in [1.29, 1.82) is 0 Å². The van der Waals surface area contributed by atoms with Gasteiger partial charge in [0.25, 0.3) is 0 Å². The van der Waals surface area contributed by atoms with Crippen LogP contribution in [-0.2, 0) is 37.2 Å². The summed E-state index contributed by atoms with van der Waals surface area (Å²) >= 11 is 1.86. The lowest BCUT2D eigenvalue weighted by molar-refractivity contribution is 0.183. The van der Waals surface area contributed by atoms with Gasteiger partial charge in [-0.1, -0.05) is 0 Å². The highest BCUT2D eigenvalue weighted by atomic mass is 32.1. The van der Waals surface area contributed by atoms with Gasteiger partial charge in [0, 0.05) is 37.0 Å². The van der Waals surface area contributed by atoms with Gasteiger partial charge in [0.15, 0.2) is 0 Å². The zero-order valence-electron chi connectivity index (χ0n) is 15.4. The van der Waals surface area contributed by atoms with Gasteiger partial charge in [-0.25, -0.2) is 4.98 Å². The standard InChI is InChI=1S/C18H28N6OS/c1-25-7-6-24-16(22-23-18(24)12-8-13(19)9-12)10-20-11-17-21-14-4-2-3-5-15(14)26-17/h12-13,20H,2-11,19H2,1H3. The Morgan fingerprint density at radius 3 is 2.85 bits per heavy atom. The summed E-state index contributed by atoms with van der Waals surface area (Å²) in [6.07, 6.45) is 6.93. The van der Waals surface area contributed by atoms with Gasteiger partial charge in [0.05, 0.1) is 18.8 Å². The van der Waals surface area contributed by atoms with Crippen LogP contribution in [0.4, 0.5) is 0 Å². The number of methoxy groups -OCH3 is 1. The van der Waals surface area contributed by atoms with Crippen molar-refractivity contribution in [3.8, 4) is 0 Å². The fraction of sp³-hybridized carbons (Fsp3) is 0.722. The second kappa shape index (κ2) is 8.12. The monoisotopic (exact) mass is 376 g/mol. The van der Waals surface area contributed by atoms with Crippen LogP contribution in [0.5, 0.6) is 0 Å². The molecule has 2 aromatic rings. The Balaban J connectivity index is 1.38. The molecule has 0 unspecified atom stereocenters. The van der Waals surface area contributed by atoms with Crippen molar-refractivity contribution in [2.75, 3.05) is 13.7 Å². The first-order valence-corrected chi connectivity index (χ1v) is 10.4. The fourth-order valence-corrected chi connectivity index (χ4v) is 4.97. The maximum Gasteiger partial charge on any atom is 0.147 e. The number of fused-ring (bicyclic) bond motifs is 1. The van der Waals surface area contributed by atoms with Crippen LogP contribution in [0.2, 0.25) is 0 Å². The zero-order chi connectivity index (χ0) is 17.9. The highest BCUT2D eigenvalue weighted by molar-refractivity contribution is 7.11. The molecule has 2 aromatic heterocycles. The molecule has 26 heavy (non-hydrogen) atoms. The molecule has 0 bridgehead atoms. The molecule has 4 rings (SSSR count). The van der Waals surface area contributed by atoms with E-state index in [1.807, 2.05) is 11.3 Å². The maximum atomic E-state index is 5.95. The third kappa shape index (κ3) is 3.83. The highest BCUT2D eigenvalue weighted by Crippen LogP contribution is 2.34. The molecule has 0 atom stereocenters. The van der Waals surface area contributed by atoms with E-state index in [1.165, 1.54) is 34.8 Å². The summed E-state index contributed by atoms with van der Waals surface area (Å²) in [6.45, 7) is 2.93. The van der Waals surface area contributed by atoms with Crippen LogP contribution >= 0.6 is 11.3 Å². The number of nitrogens with zero attached hydrogens (tertiary/aromatic N) is 4. The fourth-order valence-electron chi connectivity index (χ4n) is 3.84. The third-order valence-electron chi connectivity index (χ3n) is 5.36. The SMILES string of the molecule is COCCn1c(CNCc2nc3c(s2)CCCC3)nnc1C1CC(N)C1. The number of nitrogens with two attached hydrogens (primary N) is 1. The molecule has 8 heteroatoms. The Kier molecular flexibility index (Phi) is 5.63. The summed E-state index contributed by atoms with van der Waals surface area (Å²) in [7, 11) is 1.73. The molecule has 2 heterocycles. The lowest BCUT2D eigenvalue weighted by atomic mass is 9.80. The Labute approximate surface area is 158 Å². The summed E-state index contributed by atoms with van der Waals surface area (Å²) < 4.78 is 7.48. The van der Waals surface area contributed by atoms with E-state index in [2.05, 4.69) is 20.1 Å². The van der Waals surface area contributed by atoms with Crippen molar-refractivity contribution in [2.24, 2.45) is 5.73 Å². The maximum absolute atomic E-state index is 5.95. The molecule has 0 radical (unpaired) electrons. The second-order valence-corrected chi connectivity index (χ2v) is 8.50. The number of hydrogen-bond donors (Lipinski definition) is 2. The first-order valence-electron chi connectivity index (χ1n) is 9.59. The quantitative estimate of drug-likeness (QED) is 0.729. The van der Waals surface area contributed by atoms with Crippen molar-refractivity contribution in [3.63, 3.8) is 0 Å². The Morgan fingerprint density at radius 2 is 2.08 bits per heavy atom. The van der Waals surface area contributed by atoms with Crippen LogP contribution < -0.4 is 11.1 Å². The average Bonchev–Trinajstić information content (AvgIpc) is 3.20. The van der Waals surface area contributed by atoms with E-state index < -0.39 is 0 Å². The summed E-state index contributed by atoms with van der Waals surface area (Å²) in [6, 6.07) is 0.310. The van der Waals surface area contributed by atoms with Crippen LogP contribution in [0.3, 0.4) is 0 Å². The minimum absolute atomic E-state index is 0.310. The van der Waals surface area contributed by atoms with E-state index in [0.29, 0.717) is 25.1 Å². The Morgan fingerprint density at radius 1 is 1.23 bits per heavy atom. The van der Waals surface area contributed by atoms with Crippen LogP contribution in [0.15, 0.2) is 0 Å². The molecular weight excluding hydrogens is 348 g/mol. The second-order valence-electron chi connectivity index (χ2n) is 7.34. The first-order chi connectivity index (χ1) is 12.7. The molecule has 3 N–H and O–H groups in total. The zero-order valence-corrected chi connectivity index (χ0v) is 16.2. The van der Waals surface area contributed by atoms with E-state index in [0.717, 1.165) is 44.0 Å². The normalized spacial score (nSPS) is 22.2. The van der Waals surface area contributed by atoms with E-state index in [-0.39, 0.29) is 0 Å². The predicted molar refractivity (Wildman–Crippen MR) is 101 cm³/mol. The van der Waals surface area contributed by atoms with E-state index >= 15 is 0 Å². The molecular formula is C18H28N6OS. The van der Waals surface area contributed by atoms with Gasteiger partial charge in [-0.2, -0.15) is 0 Å². The lowest BCUT2D eigenvalue weighted by Crippen LogP contribution is -2.36. The molecule has 7 nitrogen and oxygen atoms in total. The number of ether oxygens (including phenoxy) is 1. The van der Waals surface area contributed by atoms with Crippen LogP contribution in [0, 0.1) is 0 Å². The smallest absolute Gasteiger partial charge is 0.147 e. The van der Waals surface area contributed by atoms with Gasteiger partial charge in [-0.05, 0) is 38.5 Å². The molecule has 142 valence electrons. The highest BCUT2D eigenvalue weighted by Gasteiger charge is 2.32. The average molecular weight is 377 g/mol. The molecule has 2 aliphatic carbocycles. The van der Waals surface area contributed by atoms with Crippen LogP contribution in [0.1, 0.15) is 58.8 Å². The molecule has 1 fully saturated rings. The van der Waals surface area contributed by atoms with Gasteiger partial charge in [0.2, 0.25) is 0 Å². The molecule has 0 aromatic carbocycles. The van der Waals surface area contributed by atoms with Gasteiger partial charge < -0.3 is 20.4 Å². The molecule has 1 saturated carbocycles. The summed E-state index contributed by atoms with van der Waals surface area (Å²) in [5, 5.41) is 13.6. The Bertz CT molecular complexity index is 713. The number of nitrogens with one attached hydrogen (secondary N) is 1. The summed E-state index contributed by atoms with van der Waals surface area (Å²) in [5.41, 5.74) is 7.27. The summed E-state index contributed by atoms with van der Waals surface area (Å²) in [5.74, 6) is 2.47. The molecule has 0 saturated heterocycles. The largest absolute Gasteiger partial charge is 0.383 e. The Hall–Kier alpha value is -1.35. The minimum atomic E-state index is 0.310. The number of aryl methyl sites for hydroxylation is 2. The van der Waals surface area contributed by atoms with Crippen LogP contribution in [0.25, 0.3) is 0 Å². The van der Waals surface area contributed by atoms with Crippen molar-refractivity contribution < 1.29 is 4.74 Å². The van der Waals surface area contributed by atoms with Crippen molar-refractivity contribution in [1.82, 2.24) is 25.1 Å². The topological polar surface area (TPSA) is 90.9 Å². The van der Waals surface area contributed by atoms with Gasteiger partial charge in [0.1, 0.15) is 16.7 Å². The first kappa shape index (κ1) is 18.0. The third-order valence-corrected chi connectivity index (χ3v) is 6.52. The lowest BCUT2D eigenvalue weighted by Gasteiger charge is -2.31. The van der Waals surface area contributed by atoms with Gasteiger partial charge >= 0.3 is 0 Å². The van der Waals surface area contributed by atoms with Crippen molar-refractivity contribution >= 4 is 11.3 Å². The predicted octanol–water partition coefficient (Wildman–Crippen LogP) is 1.75. The van der Waals surface area contributed by atoms with Crippen molar-refractivity contribution in [2.45, 2.75) is 70.1 Å². The van der Waals surface area contributed by atoms with E-state index in [9.17, 15) is 0 Å². The molecule has 0 aliphatic heterocycles. The minimum Gasteiger partial charge on any atom is -0.383 e. The number of rotatable bonds is 8. The molecule has 0 amide bonds. The number of hydrogen-bond acceptors (Lipinski definition) is 7. The number of aromatic nitrogens is 4.